The Morgan fingerprint density at radius 1 is 1.48 bits per heavy atom. The van der Waals surface area contributed by atoms with Crippen molar-refractivity contribution in [3.05, 3.63) is 23.5 Å². The van der Waals surface area contributed by atoms with Crippen molar-refractivity contribution in [2.75, 3.05) is 11.3 Å². The fourth-order valence-corrected chi connectivity index (χ4v) is 3.75. The monoisotopic (exact) mass is 329 g/mol. The number of hydrogen-bond donors (Lipinski definition) is 2. The van der Waals surface area contributed by atoms with Crippen LogP contribution >= 0.6 is 11.3 Å². The van der Waals surface area contributed by atoms with Crippen molar-refractivity contribution in [3.63, 3.8) is 0 Å². The number of aryl methyl sites for hydroxylation is 1. The number of rotatable bonds is 7. The van der Waals surface area contributed by atoms with Gasteiger partial charge in [0.1, 0.15) is 4.90 Å². The van der Waals surface area contributed by atoms with Gasteiger partial charge in [0, 0.05) is 24.7 Å². The van der Waals surface area contributed by atoms with Crippen molar-refractivity contribution in [2.45, 2.75) is 31.2 Å². The summed E-state index contributed by atoms with van der Waals surface area (Å²) in [5.41, 5.74) is 0.831. The molecule has 2 N–H and O–H groups in total. The van der Waals surface area contributed by atoms with Gasteiger partial charge in [0.2, 0.25) is 0 Å². The highest BCUT2D eigenvalue weighted by Crippen LogP contribution is 2.23. The molecular weight excluding hydrogens is 310 g/mol. The zero-order valence-corrected chi connectivity index (χ0v) is 13.8. The molecule has 0 saturated carbocycles. The fraction of sp³-hybridized carbons (Fsp3) is 0.500. The van der Waals surface area contributed by atoms with Crippen molar-refractivity contribution < 1.29 is 8.42 Å². The molecule has 0 aliphatic rings. The Labute approximate surface area is 128 Å². The molecule has 0 bridgehead atoms. The summed E-state index contributed by atoms with van der Waals surface area (Å²) in [6.07, 6.45) is 3.79. The molecule has 2 rings (SSSR count). The number of sulfonamides is 1. The van der Waals surface area contributed by atoms with Crippen LogP contribution in [0.2, 0.25) is 0 Å². The van der Waals surface area contributed by atoms with Gasteiger partial charge >= 0.3 is 0 Å². The molecule has 0 spiro atoms. The van der Waals surface area contributed by atoms with Gasteiger partial charge in [-0.2, -0.15) is 5.10 Å². The van der Waals surface area contributed by atoms with Crippen LogP contribution in [-0.2, 0) is 17.1 Å². The van der Waals surface area contributed by atoms with Crippen LogP contribution < -0.4 is 10.0 Å². The van der Waals surface area contributed by atoms with E-state index in [1.54, 1.807) is 7.05 Å². The molecule has 0 radical (unpaired) electrons. The SMILES string of the molecule is CCCNC(C)c1csc(NS(=O)(=O)c2cnn(C)c2)n1. The summed E-state index contributed by atoms with van der Waals surface area (Å²) < 4.78 is 28.2. The van der Waals surface area contributed by atoms with E-state index < -0.39 is 10.0 Å². The molecule has 2 aromatic rings. The van der Waals surface area contributed by atoms with Crippen LogP contribution in [0.4, 0.5) is 5.13 Å². The van der Waals surface area contributed by atoms with Gasteiger partial charge in [-0.25, -0.2) is 13.4 Å². The van der Waals surface area contributed by atoms with E-state index in [9.17, 15) is 8.42 Å². The van der Waals surface area contributed by atoms with E-state index in [0.29, 0.717) is 5.13 Å². The van der Waals surface area contributed by atoms with Gasteiger partial charge in [-0.1, -0.05) is 6.92 Å². The van der Waals surface area contributed by atoms with Gasteiger partial charge in [-0.3, -0.25) is 9.40 Å². The largest absolute Gasteiger partial charge is 0.309 e. The van der Waals surface area contributed by atoms with Crippen LogP contribution in [0.1, 0.15) is 32.0 Å². The number of thiazole rings is 1. The van der Waals surface area contributed by atoms with Crippen molar-refractivity contribution >= 4 is 26.5 Å². The summed E-state index contributed by atoms with van der Waals surface area (Å²) in [6.45, 7) is 4.99. The van der Waals surface area contributed by atoms with Crippen molar-refractivity contribution in [1.82, 2.24) is 20.1 Å². The first-order valence-electron chi connectivity index (χ1n) is 6.62. The van der Waals surface area contributed by atoms with Gasteiger partial charge in [-0.05, 0) is 19.9 Å². The van der Waals surface area contributed by atoms with Gasteiger partial charge in [0.15, 0.2) is 5.13 Å². The predicted octanol–water partition coefficient (Wildman–Crippen LogP) is 1.74. The second-order valence-corrected chi connectivity index (χ2v) is 7.25. The quantitative estimate of drug-likeness (QED) is 0.807. The van der Waals surface area contributed by atoms with Gasteiger partial charge < -0.3 is 5.32 Å². The van der Waals surface area contributed by atoms with Crippen LogP contribution in [0.25, 0.3) is 0 Å². The second kappa shape index (κ2) is 6.54. The maximum Gasteiger partial charge on any atom is 0.266 e. The highest BCUT2D eigenvalue weighted by molar-refractivity contribution is 7.93. The highest BCUT2D eigenvalue weighted by atomic mass is 32.2. The first kappa shape index (κ1) is 15.9. The lowest BCUT2D eigenvalue weighted by Gasteiger charge is -2.09. The Kier molecular flexibility index (Phi) is 4.96. The van der Waals surface area contributed by atoms with Crippen molar-refractivity contribution in [2.24, 2.45) is 7.05 Å². The number of aromatic nitrogens is 3. The minimum Gasteiger partial charge on any atom is -0.309 e. The molecule has 116 valence electrons. The fourth-order valence-electron chi connectivity index (χ4n) is 1.71. The molecule has 1 atom stereocenters. The molecule has 0 aromatic carbocycles. The van der Waals surface area contributed by atoms with Crippen molar-refractivity contribution in [1.29, 1.82) is 0 Å². The number of hydrogen-bond acceptors (Lipinski definition) is 6. The predicted molar refractivity (Wildman–Crippen MR) is 82.8 cm³/mol. The summed E-state index contributed by atoms with van der Waals surface area (Å²) in [5.74, 6) is 0. The maximum atomic E-state index is 12.2. The molecule has 2 aromatic heterocycles. The van der Waals surface area contributed by atoms with E-state index in [1.165, 1.54) is 28.4 Å². The third-order valence-electron chi connectivity index (χ3n) is 2.88. The number of nitrogens with zero attached hydrogens (tertiary/aromatic N) is 3. The topological polar surface area (TPSA) is 88.9 Å². The third kappa shape index (κ3) is 4.02. The Hall–Kier alpha value is -1.45. The van der Waals surface area contributed by atoms with Crippen molar-refractivity contribution in [3.8, 4) is 0 Å². The summed E-state index contributed by atoms with van der Waals surface area (Å²) >= 11 is 1.27. The summed E-state index contributed by atoms with van der Waals surface area (Å²) in [7, 11) is -1.96. The van der Waals surface area contributed by atoms with E-state index in [-0.39, 0.29) is 10.9 Å². The Morgan fingerprint density at radius 3 is 2.86 bits per heavy atom. The molecule has 0 aliphatic heterocycles. The van der Waals surface area contributed by atoms with Gasteiger partial charge in [0.05, 0.1) is 11.9 Å². The number of anilines is 1. The Bertz CT molecular complexity index is 692. The Balaban J connectivity index is 2.08. The molecule has 0 amide bonds. The van der Waals surface area contributed by atoms with E-state index in [2.05, 4.69) is 27.0 Å². The molecule has 7 nitrogen and oxygen atoms in total. The smallest absolute Gasteiger partial charge is 0.266 e. The van der Waals surface area contributed by atoms with E-state index in [4.69, 9.17) is 0 Å². The van der Waals surface area contributed by atoms with Gasteiger partial charge in [-0.15, -0.1) is 11.3 Å². The zero-order chi connectivity index (χ0) is 15.5. The average molecular weight is 329 g/mol. The normalized spacial score (nSPS) is 13.3. The molecule has 2 heterocycles. The first-order chi connectivity index (χ1) is 9.92. The minimum atomic E-state index is -3.63. The minimum absolute atomic E-state index is 0.0952. The van der Waals surface area contributed by atoms with Crippen LogP contribution in [0, 0.1) is 0 Å². The summed E-state index contributed by atoms with van der Waals surface area (Å²) in [6, 6.07) is 0.0952. The second-order valence-electron chi connectivity index (χ2n) is 4.71. The van der Waals surface area contributed by atoms with Crippen LogP contribution in [0.5, 0.6) is 0 Å². The van der Waals surface area contributed by atoms with Gasteiger partial charge in [0.25, 0.3) is 10.0 Å². The summed E-state index contributed by atoms with van der Waals surface area (Å²) in [5, 5.41) is 9.39. The first-order valence-corrected chi connectivity index (χ1v) is 8.99. The van der Waals surface area contributed by atoms with E-state index in [0.717, 1.165) is 18.7 Å². The zero-order valence-electron chi connectivity index (χ0n) is 12.2. The highest BCUT2D eigenvalue weighted by Gasteiger charge is 2.18. The lowest BCUT2D eigenvalue weighted by atomic mass is 10.2. The molecular formula is C12H19N5O2S2. The molecule has 9 heteroatoms. The van der Waals surface area contributed by atoms with E-state index >= 15 is 0 Å². The molecule has 0 fully saturated rings. The molecule has 21 heavy (non-hydrogen) atoms. The lowest BCUT2D eigenvalue weighted by molar-refractivity contribution is 0.561. The summed E-state index contributed by atoms with van der Waals surface area (Å²) in [4.78, 5) is 4.44. The van der Waals surface area contributed by atoms with Crippen LogP contribution in [0.15, 0.2) is 22.7 Å². The lowest BCUT2D eigenvalue weighted by Crippen LogP contribution is -2.19. The average Bonchev–Trinajstić information content (AvgIpc) is 3.05. The molecule has 1 unspecified atom stereocenters. The molecule has 0 saturated heterocycles. The van der Waals surface area contributed by atoms with Crippen LogP contribution in [-0.4, -0.2) is 29.7 Å². The number of nitrogens with one attached hydrogen (secondary N) is 2. The third-order valence-corrected chi connectivity index (χ3v) is 5.08. The maximum absolute atomic E-state index is 12.2. The standard InChI is InChI=1S/C12H19N5O2S2/c1-4-5-13-9(2)11-8-20-12(15-11)16-21(18,19)10-6-14-17(3)7-10/h6-9,13H,4-5H2,1-3H3,(H,15,16). The van der Waals surface area contributed by atoms with Crippen LogP contribution in [0.3, 0.4) is 0 Å². The molecule has 0 aliphatic carbocycles. The van der Waals surface area contributed by atoms with E-state index in [1.807, 2.05) is 12.3 Å². The Morgan fingerprint density at radius 2 is 2.24 bits per heavy atom.